The quantitative estimate of drug-likeness (QED) is 0.641. The summed E-state index contributed by atoms with van der Waals surface area (Å²) in [5.41, 5.74) is 5.43. The summed E-state index contributed by atoms with van der Waals surface area (Å²) < 4.78 is 5.25. The van der Waals surface area contributed by atoms with E-state index in [9.17, 15) is 9.59 Å². The first-order valence-corrected chi connectivity index (χ1v) is 5.93. The highest BCUT2D eigenvalue weighted by Crippen LogP contribution is 2.16. The molecule has 19 heavy (non-hydrogen) atoms. The van der Waals surface area contributed by atoms with Gasteiger partial charge in [0.15, 0.2) is 6.61 Å². The van der Waals surface area contributed by atoms with E-state index < -0.39 is 5.91 Å². The zero-order chi connectivity index (χ0) is 14.3. The molecule has 0 spiro atoms. The number of aliphatic hydroxyl groups excluding tert-OH is 1. The summed E-state index contributed by atoms with van der Waals surface area (Å²) in [6.07, 6.45) is 0. The van der Waals surface area contributed by atoms with Crippen LogP contribution in [0, 0.1) is 5.92 Å². The predicted octanol–water partition coefficient (Wildman–Crippen LogP) is -0.0911. The van der Waals surface area contributed by atoms with E-state index in [0.29, 0.717) is 6.54 Å². The first-order chi connectivity index (χ1) is 9.04. The number of hydrogen-bond acceptors (Lipinski definition) is 4. The monoisotopic (exact) mass is 266 g/mol. The maximum atomic E-state index is 11.5. The molecular formula is C13H18N2O4. The minimum Gasteiger partial charge on any atom is -0.483 e. The fourth-order valence-corrected chi connectivity index (χ4v) is 1.34. The average molecular weight is 266 g/mol. The first-order valence-electron chi connectivity index (χ1n) is 5.93. The van der Waals surface area contributed by atoms with Gasteiger partial charge in [-0.2, -0.15) is 0 Å². The second-order valence-corrected chi connectivity index (χ2v) is 4.24. The normalized spacial score (nSPS) is 11.7. The van der Waals surface area contributed by atoms with E-state index in [0.717, 1.165) is 0 Å². The van der Waals surface area contributed by atoms with Crippen LogP contribution in [0.1, 0.15) is 17.3 Å². The molecule has 0 saturated carbocycles. The minimum atomic E-state index is -0.607. The maximum Gasteiger partial charge on any atom is 0.257 e. The number of rotatable bonds is 7. The van der Waals surface area contributed by atoms with Crippen LogP contribution in [0.2, 0.25) is 0 Å². The van der Waals surface area contributed by atoms with E-state index in [-0.39, 0.29) is 36.4 Å². The van der Waals surface area contributed by atoms with Gasteiger partial charge in [0.25, 0.3) is 11.8 Å². The highest BCUT2D eigenvalue weighted by atomic mass is 16.5. The summed E-state index contributed by atoms with van der Waals surface area (Å²) in [6.45, 7) is 1.98. The molecule has 4 N–H and O–H groups in total. The lowest BCUT2D eigenvalue weighted by Crippen LogP contribution is -2.33. The van der Waals surface area contributed by atoms with Crippen LogP contribution in [0.15, 0.2) is 24.3 Å². The second-order valence-electron chi connectivity index (χ2n) is 4.24. The topological polar surface area (TPSA) is 102 Å². The molecule has 6 heteroatoms. The Morgan fingerprint density at radius 1 is 1.42 bits per heavy atom. The van der Waals surface area contributed by atoms with Gasteiger partial charge in [0, 0.05) is 13.2 Å². The van der Waals surface area contributed by atoms with Crippen LogP contribution >= 0.6 is 0 Å². The largest absolute Gasteiger partial charge is 0.483 e. The molecule has 1 unspecified atom stereocenters. The highest BCUT2D eigenvalue weighted by Gasteiger charge is 2.10. The van der Waals surface area contributed by atoms with Crippen molar-refractivity contribution in [3.63, 3.8) is 0 Å². The van der Waals surface area contributed by atoms with Gasteiger partial charge in [-0.15, -0.1) is 0 Å². The number of aliphatic hydroxyl groups is 1. The van der Waals surface area contributed by atoms with Crippen molar-refractivity contribution in [2.24, 2.45) is 11.7 Å². The molecule has 0 aromatic heterocycles. The van der Waals surface area contributed by atoms with Gasteiger partial charge in [-0.3, -0.25) is 9.59 Å². The van der Waals surface area contributed by atoms with Crippen molar-refractivity contribution in [2.75, 3.05) is 19.8 Å². The van der Waals surface area contributed by atoms with Crippen LogP contribution < -0.4 is 15.8 Å². The van der Waals surface area contributed by atoms with E-state index >= 15 is 0 Å². The predicted molar refractivity (Wildman–Crippen MR) is 69.7 cm³/mol. The van der Waals surface area contributed by atoms with Gasteiger partial charge in [0.2, 0.25) is 0 Å². The molecule has 0 radical (unpaired) electrons. The van der Waals surface area contributed by atoms with Crippen molar-refractivity contribution in [3.8, 4) is 5.75 Å². The molecule has 6 nitrogen and oxygen atoms in total. The van der Waals surface area contributed by atoms with E-state index in [2.05, 4.69) is 5.32 Å². The summed E-state index contributed by atoms with van der Waals surface area (Å²) in [7, 11) is 0. The third-order valence-electron chi connectivity index (χ3n) is 2.47. The van der Waals surface area contributed by atoms with E-state index in [4.69, 9.17) is 15.6 Å². The molecule has 0 aliphatic carbocycles. The molecule has 0 heterocycles. The Morgan fingerprint density at radius 2 is 2.11 bits per heavy atom. The van der Waals surface area contributed by atoms with Gasteiger partial charge in [-0.05, 0) is 18.1 Å². The Kier molecular flexibility index (Phi) is 5.81. The molecule has 0 fully saturated rings. The van der Waals surface area contributed by atoms with Crippen molar-refractivity contribution >= 4 is 11.8 Å². The summed E-state index contributed by atoms with van der Waals surface area (Å²) >= 11 is 0. The molecular weight excluding hydrogens is 248 g/mol. The van der Waals surface area contributed by atoms with Gasteiger partial charge < -0.3 is 20.9 Å². The Hall–Kier alpha value is -2.08. The van der Waals surface area contributed by atoms with Crippen LogP contribution in [0.5, 0.6) is 5.75 Å². The van der Waals surface area contributed by atoms with Gasteiger partial charge in [0.1, 0.15) is 5.75 Å². The van der Waals surface area contributed by atoms with Crippen molar-refractivity contribution in [3.05, 3.63) is 29.8 Å². The average Bonchev–Trinajstić information content (AvgIpc) is 2.42. The Morgan fingerprint density at radius 3 is 2.74 bits per heavy atom. The second kappa shape index (κ2) is 7.38. The van der Waals surface area contributed by atoms with Crippen LogP contribution in [-0.4, -0.2) is 36.7 Å². The summed E-state index contributed by atoms with van der Waals surface area (Å²) in [6, 6.07) is 6.45. The number of benzene rings is 1. The molecule has 1 aromatic rings. The number of hydrogen-bond donors (Lipinski definition) is 3. The molecule has 0 aliphatic heterocycles. The number of carbonyl (C=O) groups excluding carboxylic acids is 2. The molecule has 2 amide bonds. The third kappa shape index (κ3) is 4.97. The lowest BCUT2D eigenvalue weighted by Gasteiger charge is -2.11. The minimum absolute atomic E-state index is 0.00560. The lowest BCUT2D eigenvalue weighted by molar-refractivity contribution is -0.123. The standard InChI is InChI=1S/C13H18N2O4/c1-9(7-16)6-15-12(17)8-19-11-5-3-2-4-10(11)13(14)18/h2-5,9,16H,6-8H2,1H3,(H2,14,18)(H,15,17). The zero-order valence-electron chi connectivity index (χ0n) is 10.8. The SMILES string of the molecule is CC(CO)CNC(=O)COc1ccccc1C(N)=O. The molecule has 1 rings (SSSR count). The zero-order valence-corrected chi connectivity index (χ0v) is 10.8. The Labute approximate surface area is 111 Å². The van der Waals surface area contributed by atoms with Crippen molar-refractivity contribution in [1.82, 2.24) is 5.32 Å². The third-order valence-corrected chi connectivity index (χ3v) is 2.47. The van der Waals surface area contributed by atoms with Crippen LogP contribution in [-0.2, 0) is 4.79 Å². The first kappa shape index (κ1) is 15.0. The molecule has 1 atom stereocenters. The number of amides is 2. The van der Waals surface area contributed by atoms with E-state index in [1.165, 1.54) is 6.07 Å². The molecule has 0 bridgehead atoms. The van der Waals surface area contributed by atoms with Crippen LogP contribution in [0.3, 0.4) is 0 Å². The van der Waals surface area contributed by atoms with Crippen LogP contribution in [0.4, 0.5) is 0 Å². The lowest BCUT2D eigenvalue weighted by atomic mass is 10.2. The Balaban J connectivity index is 2.48. The fraction of sp³-hybridized carbons (Fsp3) is 0.385. The molecule has 0 saturated heterocycles. The van der Waals surface area contributed by atoms with Crippen molar-refractivity contribution in [2.45, 2.75) is 6.92 Å². The highest BCUT2D eigenvalue weighted by molar-refractivity contribution is 5.95. The summed E-state index contributed by atoms with van der Waals surface area (Å²) in [4.78, 5) is 22.6. The number of ether oxygens (including phenoxy) is 1. The number of primary amides is 1. The maximum absolute atomic E-state index is 11.5. The van der Waals surface area contributed by atoms with Gasteiger partial charge in [-0.25, -0.2) is 0 Å². The number of para-hydroxylation sites is 1. The van der Waals surface area contributed by atoms with E-state index in [1.807, 2.05) is 6.92 Å². The number of nitrogens with two attached hydrogens (primary N) is 1. The smallest absolute Gasteiger partial charge is 0.257 e. The Bertz CT molecular complexity index is 448. The summed E-state index contributed by atoms with van der Waals surface area (Å²) in [5.74, 6) is -0.660. The van der Waals surface area contributed by atoms with Crippen molar-refractivity contribution < 1.29 is 19.4 Å². The van der Waals surface area contributed by atoms with Gasteiger partial charge >= 0.3 is 0 Å². The molecule has 0 aliphatic rings. The van der Waals surface area contributed by atoms with Crippen molar-refractivity contribution in [1.29, 1.82) is 0 Å². The summed E-state index contributed by atoms with van der Waals surface area (Å²) in [5, 5.41) is 11.4. The molecule has 104 valence electrons. The van der Waals surface area contributed by atoms with Gasteiger partial charge in [0.05, 0.1) is 5.56 Å². The number of carbonyl (C=O) groups is 2. The number of nitrogens with one attached hydrogen (secondary N) is 1. The molecule has 1 aromatic carbocycles. The fourth-order valence-electron chi connectivity index (χ4n) is 1.34. The van der Waals surface area contributed by atoms with Gasteiger partial charge in [-0.1, -0.05) is 19.1 Å². The van der Waals surface area contributed by atoms with Crippen LogP contribution in [0.25, 0.3) is 0 Å². The van der Waals surface area contributed by atoms with E-state index in [1.54, 1.807) is 18.2 Å².